The molecule has 0 aromatic rings. The highest BCUT2D eigenvalue weighted by Gasteiger charge is 2.36. The minimum atomic E-state index is -3.48. The molecule has 1 heterocycles. The number of rotatable bonds is 8. The van der Waals surface area contributed by atoms with Crippen LogP contribution >= 0.6 is 0 Å². The summed E-state index contributed by atoms with van der Waals surface area (Å²) >= 11 is 0. The van der Waals surface area contributed by atoms with Gasteiger partial charge in [-0.05, 0) is 32.6 Å². The standard InChI is InChI=1S/C14H28N2O4S/c1-4-6-9-16(12(3)5-2)21(19,20)15-10-7-13(8-11-15)14(17)18/h12-13H,4-11H2,1-3H3,(H,17,18). The van der Waals surface area contributed by atoms with Crippen molar-refractivity contribution in [2.75, 3.05) is 19.6 Å². The third-order valence-corrected chi connectivity index (χ3v) is 6.39. The molecule has 1 fully saturated rings. The summed E-state index contributed by atoms with van der Waals surface area (Å²) < 4.78 is 28.6. The van der Waals surface area contributed by atoms with Gasteiger partial charge in [-0.1, -0.05) is 20.3 Å². The Labute approximate surface area is 128 Å². The van der Waals surface area contributed by atoms with Crippen LogP contribution in [0.3, 0.4) is 0 Å². The third kappa shape index (κ3) is 4.66. The van der Waals surface area contributed by atoms with Gasteiger partial charge in [-0.15, -0.1) is 0 Å². The van der Waals surface area contributed by atoms with E-state index in [-0.39, 0.29) is 6.04 Å². The van der Waals surface area contributed by atoms with Crippen LogP contribution in [0.25, 0.3) is 0 Å². The average molecular weight is 320 g/mol. The Balaban J connectivity index is 2.79. The molecule has 1 unspecified atom stereocenters. The Bertz CT molecular complexity index is 430. The second-order valence-corrected chi connectivity index (χ2v) is 7.62. The molecule has 1 N–H and O–H groups in total. The Kier molecular flexibility index (Phi) is 7.09. The smallest absolute Gasteiger partial charge is 0.306 e. The van der Waals surface area contributed by atoms with Crippen LogP contribution in [0.1, 0.15) is 52.9 Å². The molecule has 1 rings (SSSR count). The molecule has 0 radical (unpaired) electrons. The van der Waals surface area contributed by atoms with E-state index in [0.717, 1.165) is 19.3 Å². The van der Waals surface area contributed by atoms with E-state index in [1.807, 2.05) is 20.8 Å². The molecule has 21 heavy (non-hydrogen) atoms. The molecule has 0 amide bonds. The molecule has 1 atom stereocenters. The minimum Gasteiger partial charge on any atom is -0.481 e. The van der Waals surface area contributed by atoms with Crippen molar-refractivity contribution >= 4 is 16.2 Å². The third-order valence-electron chi connectivity index (χ3n) is 4.24. The number of carboxylic acids is 1. The minimum absolute atomic E-state index is 0.0289. The van der Waals surface area contributed by atoms with Gasteiger partial charge in [0.25, 0.3) is 10.2 Å². The maximum Gasteiger partial charge on any atom is 0.306 e. The zero-order valence-corrected chi connectivity index (χ0v) is 14.1. The van der Waals surface area contributed by atoms with E-state index in [4.69, 9.17) is 5.11 Å². The molecular formula is C14H28N2O4S. The molecule has 6 nitrogen and oxygen atoms in total. The molecule has 0 aromatic carbocycles. The van der Waals surface area contributed by atoms with Crippen molar-refractivity contribution in [1.29, 1.82) is 0 Å². The molecule has 7 heteroatoms. The van der Waals surface area contributed by atoms with E-state index in [2.05, 4.69) is 0 Å². The van der Waals surface area contributed by atoms with Crippen molar-refractivity contribution in [2.45, 2.75) is 58.9 Å². The van der Waals surface area contributed by atoms with Gasteiger partial charge in [0.2, 0.25) is 0 Å². The normalized spacial score (nSPS) is 19.8. The second kappa shape index (κ2) is 8.10. The van der Waals surface area contributed by atoms with Gasteiger partial charge < -0.3 is 5.11 Å². The van der Waals surface area contributed by atoms with Crippen molar-refractivity contribution in [1.82, 2.24) is 8.61 Å². The first-order valence-electron chi connectivity index (χ1n) is 7.84. The average Bonchev–Trinajstić information content (AvgIpc) is 2.47. The maximum absolute atomic E-state index is 12.8. The van der Waals surface area contributed by atoms with Crippen LogP contribution in [0.15, 0.2) is 0 Å². The molecule has 124 valence electrons. The van der Waals surface area contributed by atoms with Gasteiger partial charge in [-0.3, -0.25) is 4.79 Å². The van der Waals surface area contributed by atoms with Gasteiger partial charge in [0.05, 0.1) is 5.92 Å². The van der Waals surface area contributed by atoms with E-state index in [0.29, 0.717) is 32.5 Å². The van der Waals surface area contributed by atoms with Crippen LogP contribution in [0.5, 0.6) is 0 Å². The lowest BCUT2D eigenvalue weighted by Crippen LogP contribution is -2.50. The van der Waals surface area contributed by atoms with E-state index in [1.165, 1.54) is 4.31 Å². The zero-order chi connectivity index (χ0) is 16.0. The number of piperidine rings is 1. The number of hydrogen-bond donors (Lipinski definition) is 1. The van der Waals surface area contributed by atoms with Crippen LogP contribution < -0.4 is 0 Å². The number of hydrogen-bond acceptors (Lipinski definition) is 3. The fraction of sp³-hybridized carbons (Fsp3) is 0.929. The summed E-state index contributed by atoms with van der Waals surface area (Å²) in [5.74, 6) is -1.24. The quantitative estimate of drug-likeness (QED) is 0.741. The summed E-state index contributed by atoms with van der Waals surface area (Å²) in [7, 11) is -3.48. The topological polar surface area (TPSA) is 77.9 Å². The first-order chi connectivity index (χ1) is 9.84. The highest BCUT2D eigenvalue weighted by Crippen LogP contribution is 2.23. The first-order valence-corrected chi connectivity index (χ1v) is 9.24. The van der Waals surface area contributed by atoms with Crippen molar-refractivity contribution in [2.24, 2.45) is 5.92 Å². The van der Waals surface area contributed by atoms with Gasteiger partial charge in [-0.2, -0.15) is 17.0 Å². The van der Waals surface area contributed by atoms with Gasteiger partial charge in [0.15, 0.2) is 0 Å². The second-order valence-electron chi connectivity index (χ2n) is 5.74. The predicted molar refractivity (Wildman–Crippen MR) is 82.2 cm³/mol. The van der Waals surface area contributed by atoms with Crippen LogP contribution in [-0.2, 0) is 15.0 Å². The lowest BCUT2D eigenvalue weighted by atomic mass is 9.99. The summed E-state index contributed by atoms with van der Waals surface area (Å²) in [6, 6.07) is -0.0289. The summed E-state index contributed by atoms with van der Waals surface area (Å²) in [6.07, 6.45) is 3.36. The Morgan fingerprint density at radius 1 is 1.33 bits per heavy atom. The van der Waals surface area contributed by atoms with Gasteiger partial charge in [-0.25, -0.2) is 0 Å². The molecule has 0 aromatic heterocycles. The molecule has 0 aliphatic carbocycles. The zero-order valence-electron chi connectivity index (χ0n) is 13.3. The number of nitrogens with zero attached hydrogens (tertiary/aromatic N) is 2. The van der Waals surface area contributed by atoms with Crippen LogP contribution in [-0.4, -0.2) is 53.8 Å². The van der Waals surface area contributed by atoms with Crippen molar-refractivity contribution in [3.63, 3.8) is 0 Å². The molecule has 1 saturated heterocycles. The summed E-state index contributed by atoms with van der Waals surface area (Å²) in [6.45, 7) is 7.09. The first kappa shape index (κ1) is 18.4. The predicted octanol–water partition coefficient (Wildman–Crippen LogP) is 1.93. The van der Waals surface area contributed by atoms with Gasteiger partial charge >= 0.3 is 5.97 Å². The summed E-state index contributed by atoms with van der Waals surface area (Å²) in [5.41, 5.74) is 0. The molecule has 0 saturated carbocycles. The SMILES string of the molecule is CCCCN(C(C)CC)S(=O)(=O)N1CCC(C(=O)O)CC1. The highest BCUT2D eigenvalue weighted by atomic mass is 32.2. The molecular weight excluding hydrogens is 292 g/mol. The fourth-order valence-electron chi connectivity index (χ4n) is 2.56. The largest absolute Gasteiger partial charge is 0.481 e. The van der Waals surface area contributed by atoms with Crippen LogP contribution in [0.4, 0.5) is 0 Å². The van der Waals surface area contributed by atoms with E-state index in [9.17, 15) is 13.2 Å². The van der Waals surface area contributed by atoms with E-state index in [1.54, 1.807) is 4.31 Å². The lowest BCUT2D eigenvalue weighted by Gasteiger charge is -2.36. The Morgan fingerprint density at radius 2 is 1.90 bits per heavy atom. The van der Waals surface area contributed by atoms with Crippen LogP contribution in [0, 0.1) is 5.92 Å². The Hall–Kier alpha value is -0.660. The van der Waals surface area contributed by atoms with Gasteiger partial charge in [0, 0.05) is 25.7 Å². The van der Waals surface area contributed by atoms with Crippen molar-refractivity contribution in [3.8, 4) is 0 Å². The maximum atomic E-state index is 12.8. The highest BCUT2D eigenvalue weighted by molar-refractivity contribution is 7.86. The molecule has 1 aliphatic rings. The number of aliphatic carboxylic acids is 1. The fourth-order valence-corrected chi connectivity index (χ4v) is 4.50. The molecule has 1 aliphatic heterocycles. The Morgan fingerprint density at radius 3 is 2.33 bits per heavy atom. The van der Waals surface area contributed by atoms with E-state index >= 15 is 0 Å². The number of carbonyl (C=O) groups is 1. The van der Waals surface area contributed by atoms with Gasteiger partial charge in [0.1, 0.15) is 0 Å². The van der Waals surface area contributed by atoms with Crippen LogP contribution in [0.2, 0.25) is 0 Å². The summed E-state index contributed by atoms with van der Waals surface area (Å²) in [4.78, 5) is 11.0. The molecule has 0 spiro atoms. The monoisotopic (exact) mass is 320 g/mol. The van der Waals surface area contributed by atoms with Crippen molar-refractivity contribution in [3.05, 3.63) is 0 Å². The van der Waals surface area contributed by atoms with Crippen molar-refractivity contribution < 1.29 is 18.3 Å². The molecule has 0 bridgehead atoms. The van der Waals surface area contributed by atoms with E-state index < -0.39 is 22.1 Å². The lowest BCUT2D eigenvalue weighted by molar-refractivity contribution is -0.142. The number of unbranched alkanes of at least 4 members (excludes halogenated alkanes) is 1. The summed E-state index contributed by atoms with van der Waals surface area (Å²) in [5, 5.41) is 9.00. The number of carboxylic acid groups (broad SMARTS) is 1.